The van der Waals surface area contributed by atoms with E-state index in [1.54, 1.807) is 12.1 Å². The van der Waals surface area contributed by atoms with Crippen LogP contribution >= 0.6 is 0 Å². The molecular weight excluding hydrogens is 204 g/mol. The molecular formula is C12H18N2O2. The van der Waals surface area contributed by atoms with Crippen molar-refractivity contribution in [2.24, 2.45) is 5.92 Å². The minimum atomic E-state index is -0.597. The van der Waals surface area contributed by atoms with Crippen LogP contribution in [0.1, 0.15) is 24.5 Å². The topological polar surface area (TPSA) is 78.5 Å². The molecule has 4 heteroatoms. The molecule has 1 aliphatic rings. The molecule has 1 heterocycles. The van der Waals surface area contributed by atoms with Gasteiger partial charge < -0.3 is 21.3 Å². The number of benzene rings is 1. The average molecular weight is 222 g/mol. The molecule has 0 bridgehead atoms. The van der Waals surface area contributed by atoms with Crippen LogP contribution in [-0.4, -0.2) is 23.3 Å². The summed E-state index contributed by atoms with van der Waals surface area (Å²) in [6.45, 7) is 1.81. The Hall–Kier alpha value is -1.26. The fourth-order valence-electron chi connectivity index (χ4n) is 2.23. The Morgan fingerprint density at radius 1 is 1.44 bits per heavy atom. The first-order chi connectivity index (χ1) is 7.70. The van der Waals surface area contributed by atoms with Crippen molar-refractivity contribution >= 4 is 5.69 Å². The molecule has 88 valence electrons. The predicted molar refractivity (Wildman–Crippen MR) is 63.1 cm³/mol. The maximum absolute atomic E-state index is 10.2. The lowest BCUT2D eigenvalue weighted by molar-refractivity contribution is 0.0926. The van der Waals surface area contributed by atoms with Crippen molar-refractivity contribution in [1.82, 2.24) is 5.32 Å². The summed E-state index contributed by atoms with van der Waals surface area (Å²) >= 11 is 0. The lowest BCUT2D eigenvalue weighted by Gasteiger charge is -2.28. The highest BCUT2D eigenvalue weighted by molar-refractivity contribution is 5.58. The van der Waals surface area contributed by atoms with Crippen LogP contribution in [0.3, 0.4) is 0 Å². The van der Waals surface area contributed by atoms with E-state index in [1.807, 2.05) is 0 Å². The number of rotatable bonds is 2. The van der Waals surface area contributed by atoms with Gasteiger partial charge in [-0.25, -0.2) is 0 Å². The van der Waals surface area contributed by atoms with Gasteiger partial charge in [-0.1, -0.05) is 12.1 Å². The van der Waals surface area contributed by atoms with Gasteiger partial charge in [-0.2, -0.15) is 0 Å². The Morgan fingerprint density at radius 2 is 2.25 bits per heavy atom. The van der Waals surface area contributed by atoms with E-state index in [9.17, 15) is 10.2 Å². The fraction of sp³-hybridized carbons (Fsp3) is 0.500. The molecule has 2 unspecified atom stereocenters. The Bertz CT molecular complexity index is 362. The highest BCUT2D eigenvalue weighted by Crippen LogP contribution is 2.34. The number of para-hydroxylation sites is 1. The molecule has 1 aliphatic heterocycles. The van der Waals surface area contributed by atoms with Crippen molar-refractivity contribution in [3.05, 3.63) is 23.8 Å². The van der Waals surface area contributed by atoms with Gasteiger partial charge in [-0.15, -0.1) is 0 Å². The zero-order valence-corrected chi connectivity index (χ0v) is 9.19. The molecule has 2 atom stereocenters. The Balaban J connectivity index is 2.19. The summed E-state index contributed by atoms with van der Waals surface area (Å²) in [4.78, 5) is 0. The summed E-state index contributed by atoms with van der Waals surface area (Å²) in [5.41, 5.74) is 6.69. The number of piperidine rings is 1. The van der Waals surface area contributed by atoms with Crippen LogP contribution in [0, 0.1) is 5.92 Å². The number of hydrogen-bond acceptors (Lipinski definition) is 4. The van der Waals surface area contributed by atoms with E-state index in [0.29, 0.717) is 11.3 Å². The zero-order valence-electron chi connectivity index (χ0n) is 9.19. The predicted octanol–water partition coefficient (Wildman–Crippen LogP) is 1.01. The number of aliphatic hydroxyl groups excluding tert-OH is 1. The van der Waals surface area contributed by atoms with E-state index >= 15 is 0 Å². The van der Waals surface area contributed by atoms with E-state index in [2.05, 4.69) is 5.32 Å². The monoisotopic (exact) mass is 222 g/mol. The molecule has 0 aromatic heterocycles. The van der Waals surface area contributed by atoms with E-state index in [1.165, 1.54) is 6.07 Å². The molecule has 1 aromatic carbocycles. The molecule has 5 N–H and O–H groups in total. The molecule has 0 spiro atoms. The first kappa shape index (κ1) is 11.2. The molecule has 2 rings (SSSR count). The lowest BCUT2D eigenvalue weighted by atomic mass is 9.88. The molecule has 1 fully saturated rings. The van der Waals surface area contributed by atoms with Crippen LogP contribution in [0.15, 0.2) is 18.2 Å². The van der Waals surface area contributed by atoms with Crippen molar-refractivity contribution in [1.29, 1.82) is 0 Å². The molecule has 0 amide bonds. The van der Waals surface area contributed by atoms with Crippen molar-refractivity contribution < 1.29 is 10.2 Å². The number of phenolic OH excluding ortho intramolecular Hbond substituents is 1. The maximum Gasteiger partial charge on any atom is 0.138 e. The standard InChI is InChI=1S/C12H18N2O2/c13-11-9(4-1-5-10(11)15)12(16)8-3-2-6-14-7-8/h1,4-5,8,12,14-16H,2-3,6-7,13H2. The van der Waals surface area contributed by atoms with Crippen molar-refractivity contribution in [2.75, 3.05) is 18.8 Å². The number of phenols is 1. The molecule has 0 aliphatic carbocycles. The Morgan fingerprint density at radius 3 is 2.94 bits per heavy atom. The van der Waals surface area contributed by atoms with Gasteiger partial charge in [0.15, 0.2) is 0 Å². The van der Waals surface area contributed by atoms with Crippen LogP contribution < -0.4 is 11.1 Å². The molecule has 1 saturated heterocycles. The number of hydrogen-bond donors (Lipinski definition) is 4. The molecule has 1 aromatic rings. The van der Waals surface area contributed by atoms with Crippen LogP contribution in [0.5, 0.6) is 5.75 Å². The second-order valence-electron chi connectivity index (χ2n) is 4.33. The van der Waals surface area contributed by atoms with Gasteiger partial charge in [0.05, 0.1) is 11.8 Å². The summed E-state index contributed by atoms with van der Waals surface area (Å²) in [6, 6.07) is 5.01. The molecule has 0 radical (unpaired) electrons. The molecule has 0 saturated carbocycles. The summed E-state index contributed by atoms with van der Waals surface area (Å²) < 4.78 is 0. The number of aromatic hydroxyl groups is 1. The highest BCUT2D eigenvalue weighted by Gasteiger charge is 2.24. The number of nitrogen functional groups attached to an aromatic ring is 1. The minimum absolute atomic E-state index is 0.0420. The number of anilines is 1. The summed E-state index contributed by atoms with van der Waals surface area (Å²) in [5.74, 6) is 0.221. The highest BCUT2D eigenvalue weighted by atomic mass is 16.3. The maximum atomic E-state index is 10.2. The minimum Gasteiger partial charge on any atom is -0.506 e. The molecule has 4 nitrogen and oxygen atoms in total. The van der Waals surface area contributed by atoms with Crippen LogP contribution in [0.25, 0.3) is 0 Å². The zero-order chi connectivity index (χ0) is 11.5. The third kappa shape index (κ3) is 2.13. The third-order valence-electron chi connectivity index (χ3n) is 3.22. The third-order valence-corrected chi connectivity index (χ3v) is 3.22. The number of nitrogens with two attached hydrogens (primary N) is 1. The van der Waals surface area contributed by atoms with Crippen molar-refractivity contribution in [3.63, 3.8) is 0 Å². The van der Waals surface area contributed by atoms with Gasteiger partial charge in [-0.05, 0) is 25.5 Å². The van der Waals surface area contributed by atoms with Crippen LogP contribution in [0.2, 0.25) is 0 Å². The summed E-state index contributed by atoms with van der Waals surface area (Å²) in [7, 11) is 0. The van der Waals surface area contributed by atoms with Gasteiger partial charge in [-0.3, -0.25) is 0 Å². The first-order valence-electron chi connectivity index (χ1n) is 5.66. The largest absolute Gasteiger partial charge is 0.506 e. The van der Waals surface area contributed by atoms with Gasteiger partial charge >= 0.3 is 0 Å². The lowest BCUT2D eigenvalue weighted by Crippen LogP contribution is -2.33. The van der Waals surface area contributed by atoms with E-state index in [0.717, 1.165) is 25.9 Å². The van der Waals surface area contributed by atoms with E-state index < -0.39 is 6.10 Å². The fourth-order valence-corrected chi connectivity index (χ4v) is 2.23. The first-order valence-corrected chi connectivity index (χ1v) is 5.66. The van der Waals surface area contributed by atoms with E-state index in [-0.39, 0.29) is 11.7 Å². The van der Waals surface area contributed by atoms with Gasteiger partial charge in [0.25, 0.3) is 0 Å². The molecule has 16 heavy (non-hydrogen) atoms. The number of aliphatic hydroxyl groups is 1. The SMILES string of the molecule is Nc1c(O)cccc1C(O)C1CCCNC1. The van der Waals surface area contributed by atoms with Crippen LogP contribution in [-0.2, 0) is 0 Å². The number of nitrogens with one attached hydrogen (secondary N) is 1. The van der Waals surface area contributed by atoms with Crippen molar-refractivity contribution in [2.45, 2.75) is 18.9 Å². The quantitative estimate of drug-likeness (QED) is 0.445. The van der Waals surface area contributed by atoms with Crippen molar-refractivity contribution in [3.8, 4) is 5.75 Å². The average Bonchev–Trinajstić information content (AvgIpc) is 2.33. The Kier molecular flexibility index (Phi) is 3.31. The van der Waals surface area contributed by atoms with Crippen LogP contribution in [0.4, 0.5) is 5.69 Å². The normalized spacial score (nSPS) is 22.9. The Labute approximate surface area is 95.1 Å². The van der Waals surface area contributed by atoms with Gasteiger partial charge in [0.1, 0.15) is 5.75 Å². The van der Waals surface area contributed by atoms with Gasteiger partial charge in [0, 0.05) is 18.0 Å². The second-order valence-corrected chi connectivity index (χ2v) is 4.33. The second kappa shape index (κ2) is 4.72. The summed E-state index contributed by atoms with van der Waals surface area (Å²) in [5, 5.41) is 23.0. The van der Waals surface area contributed by atoms with Gasteiger partial charge in [0.2, 0.25) is 0 Å². The van der Waals surface area contributed by atoms with E-state index in [4.69, 9.17) is 5.73 Å². The summed E-state index contributed by atoms with van der Waals surface area (Å²) in [6.07, 6.45) is 1.46. The smallest absolute Gasteiger partial charge is 0.138 e.